The predicted octanol–water partition coefficient (Wildman–Crippen LogP) is 2.90. The van der Waals surface area contributed by atoms with Crippen LogP contribution in [-0.4, -0.2) is 40.2 Å². The number of hydrogen-bond acceptors (Lipinski definition) is 4. The van der Waals surface area contributed by atoms with Crippen molar-refractivity contribution in [1.29, 1.82) is 0 Å². The predicted molar refractivity (Wildman–Crippen MR) is 92.7 cm³/mol. The van der Waals surface area contributed by atoms with Gasteiger partial charge in [0.05, 0.1) is 24.9 Å². The molecular weight excluding hydrogens is 278 g/mol. The Morgan fingerprint density at radius 2 is 1.41 bits per heavy atom. The maximum Gasteiger partial charge on any atom is 0.0971 e. The van der Waals surface area contributed by atoms with Crippen molar-refractivity contribution in [3.63, 3.8) is 0 Å². The van der Waals surface area contributed by atoms with Gasteiger partial charge in [0.2, 0.25) is 0 Å². The van der Waals surface area contributed by atoms with E-state index in [9.17, 15) is 10.2 Å². The molecule has 0 radical (unpaired) electrons. The number of aliphatic hydroxyl groups excluding tert-OH is 3. The molecule has 0 aliphatic heterocycles. The SMILES string of the molecule is CCCCCCCCCC=CCCC[C@@H](O)[C@@H](O)[C@@H](N)CO. The Balaban J connectivity index is 3.40. The lowest BCUT2D eigenvalue weighted by molar-refractivity contribution is -0.0117. The first-order valence-corrected chi connectivity index (χ1v) is 9.01. The Kier molecular flexibility index (Phi) is 15.2. The van der Waals surface area contributed by atoms with Crippen molar-refractivity contribution in [3.05, 3.63) is 12.2 Å². The fraction of sp³-hybridized carbons (Fsp3) is 0.889. The van der Waals surface area contributed by atoms with Gasteiger partial charge in [0.1, 0.15) is 0 Å². The number of unbranched alkanes of at least 4 members (excludes halogenated alkanes) is 8. The van der Waals surface area contributed by atoms with Crippen LogP contribution in [0.25, 0.3) is 0 Å². The molecule has 0 heterocycles. The molecule has 0 saturated heterocycles. The molecule has 0 aliphatic rings. The quantitative estimate of drug-likeness (QED) is 0.276. The van der Waals surface area contributed by atoms with Crippen LogP contribution in [0.4, 0.5) is 0 Å². The molecule has 0 aromatic rings. The molecule has 0 aliphatic carbocycles. The first-order valence-electron chi connectivity index (χ1n) is 9.01. The van der Waals surface area contributed by atoms with Crippen molar-refractivity contribution >= 4 is 0 Å². The van der Waals surface area contributed by atoms with Gasteiger partial charge in [0.25, 0.3) is 0 Å². The minimum Gasteiger partial charge on any atom is -0.395 e. The summed E-state index contributed by atoms with van der Waals surface area (Å²) in [7, 11) is 0. The van der Waals surface area contributed by atoms with Crippen LogP contribution in [0.2, 0.25) is 0 Å². The fourth-order valence-electron chi connectivity index (χ4n) is 2.46. The van der Waals surface area contributed by atoms with E-state index in [0.29, 0.717) is 6.42 Å². The zero-order chi connectivity index (χ0) is 16.6. The van der Waals surface area contributed by atoms with E-state index >= 15 is 0 Å². The summed E-state index contributed by atoms with van der Waals surface area (Å²) in [6.45, 7) is 1.93. The topological polar surface area (TPSA) is 86.7 Å². The van der Waals surface area contributed by atoms with Crippen LogP contribution in [0.1, 0.15) is 77.6 Å². The van der Waals surface area contributed by atoms with E-state index < -0.39 is 18.2 Å². The Morgan fingerprint density at radius 1 is 0.864 bits per heavy atom. The molecule has 5 N–H and O–H groups in total. The van der Waals surface area contributed by atoms with Crippen molar-refractivity contribution in [2.75, 3.05) is 6.61 Å². The molecule has 3 atom stereocenters. The first kappa shape index (κ1) is 21.6. The largest absolute Gasteiger partial charge is 0.395 e. The average Bonchev–Trinajstić information content (AvgIpc) is 2.54. The maximum atomic E-state index is 9.72. The van der Waals surface area contributed by atoms with Gasteiger partial charge < -0.3 is 21.1 Å². The zero-order valence-electron chi connectivity index (χ0n) is 14.3. The van der Waals surface area contributed by atoms with E-state index in [1.54, 1.807) is 0 Å². The molecule has 0 bridgehead atoms. The molecule has 0 aromatic heterocycles. The van der Waals surface area contributed by atoms with Gasteiger partial charge in [0.15, 0.2) is 0 Å². The van der Waals surface area contributed by atoms with Crippen molar-refractivity contribution in [2.24, 2.45) is 5.73 Å². The van der Waals surface area contributed by atoms with Gasteiger partial charge in [-0.3, -0.25) is 0 Å². The normalized spacial score (nSPS) is 16.0. The van der Waals surface area contributed by atoms with Crippen LogP contribution in [-0.2, 0) is 0 Å². The van der Waals surface area contributed by atoms with Crippen molar-refractivity contribution in [1.82, 2.24) is 0 Å². The maximum absolute atomic E-state index is 9.72. The van der Waals surface area contributed by atoms with Gasteiger partial charge in [0, 0.05) is 0 Å². The van der Waals surface area contributed by atoms with Crippen LogP contribution < -0.4 is 5.73 Å². The molecule has 0 saturated carbocycles. The molecule has 0 fully saturated rings. The standard InChI is InChI=1S/C18H37NO3/c1-2-3-4-5-6-7-8-9-10-11-12-13-14-17(21)18(22)16(19)15-20/h10-11,16-18,20-22H,2-9,12-15,19H2,1H3/t16-,17+,18-/m0/s1. The molecular formula is C18H37NO3. The van der Waals surface area contributed by atoms with Gasteiger partial charge in [-0.1, -0.05) is 57.6 Å². The minimum atomic E-state index is -1.04. The summed E-state index contributed by atoms with van der Waals surface area (Å²) in [5, 5.41) is 28.1. The Hall–Kier alpha value is -0.420. The van der Waals surface area contributed by atoms with Gasteiger partial charge in [-0.15, -0.1) is 0 Å². The van der Waals surface area contributed by atoms with E-state index in [1.165, 1.54) is 44.9 Å². The van der Waals surface area contributed by atoms with Crippen molar-refractivity contribution in [2.45, 2.75) is 95.8 Å². The lowest BCUT2D eigenvalue weighted by Gasteiger charge is -2.21. The second-order valence-electron chi connectivity index (χ2n) is 6.22. The average molecular weight is 315 g/mol. The highest BCUT2D eigenvalue weighted by molar-refractivity contribution is 4.83. The molecule has 22 heavy (non-hydrogen) atoms. The summed E-state index contributed by atoms with van der Waals surface area (Å²) in [6, 6.07) is -0.761. The minimum absolute atomic E-state index is 0.309. The molecule has 0 unspecified atom stereocenters. The summed E-state index contributed by atoms with van der Waals surface area (Å²) < 4.78 is 0. The van der Waals surface area contributed by atoms with Crippen LogP contribution in [0.15, 0.2) is 12.2 Å². The molecule has 132 valence electrons. The van der Waals surface area contributed by atoms with Crippen molar-refractivity contribution in [3.8, 4) is 0 Å². The summed E-state index contributed by atoms with van der Waals surface area (Å²) in [4.78, 5) is 0. The molecule has 4 heteroatoms. The molecule has 0 spiro atoms. The number of hydrogen-bond donors (Lipinski definition) is 4. The number of allylic oxidation sites excluding steroid dienone is 2. The highest BCUT2D eigenvalue weighted by atomic mass is 16.3. The van der Waals surface area contributed by atoms with E-state index in [4.69, 9.17) is 10.8 Å². The third-order valence-corrected chi connectivity index (χ3v) is 4.06. The van der Waals surface area contributed by atoms with E-state index in [0.717, 1.165) is 19.3 Å². The van der Waals surface area contributed by atoms with Gasteiger partial charge in [-0.05, 0) is 32.1 Å². The molecule has 0 rings (SSSR count). The first-order chi connectivity index (χ1) is 10.6. The van der Waals surface area contributed by atoms with Gasteiger partial charge in [-0.2, -0.15) is 0 Å². The van der Waals surface area contributed by atoms with E-state index in [1.807, 2.05) is 0 Å². The summed E-state index contributed by atoms with van der Waals surface area (Å²) in [6.07, 6.45) is 15.2. The van der Waals surface area contributed by atoms with Crippen LogP contribution in [0.3, 0.4) is 0 Å². The van der Waals surface area contributed by atoms with Gasteiger partial charge in [-0.25, -0.2) is 0 Å². The third kappa shape index (κ3) is 12.2. The van der Waals surface area contributed by atoms with E-state index in [2.05, 4.69) is 19.1 Å². The summed E-state index contributed by atoms with van der Waals surface area (Å²) in [5.74, 6) is 0. The van der Waals surface area contributed by atoms with E-state index in [-0.39, 0.29) is 6.61 Å². The monoisotopic (exact) mass is 315 g/mol. The lowest BCUT2D eigenvalue weighted by Crippen LogP contribution is -2.45. The second-order valence-corrected chi connectivity index (χ2v) is 6.22. The van der Waals surface area contributed by atoms with Crippen LogP contribution >= 0.6 is 0 Å². The molecule has 4 nitrogen and oxygen atoms in total. The summed E-state index contributed by atoms with van der Waals surface area (Å²) in [5.41, 5.74) is 5.48. The second kappa shape index (κ2) is 15.5. The Labute approximate surface area is 136 Å². The highest BCUT2D eigenvalue weighted by Crippen LogP contribution is 2.10. The smallest absolute Gasteiger partial charge is 0.0971 e. The van der Waals surface area contributed by atoms with Crippen molar-refractivity contribution < 1.29 is 15.3 Å². The number of rotatable bonds is 15. The number of aliphatic hydroxyl groups is 3. The highest BCUT2D eigenvalue weighted by Gasteiger charge is 2.21. The van der Waals surface area contributed by atoms with Crippen LogP contribution in [0, 0.1) is 0 Å². The molecule has 0 aromatic carbocycles. The lowest BCUT2D eigenvalue weighted by atomic mass is 10.0. The Bertz CT molecular complexity index is 259. The zero-order valence-corrected chi connectivity index (χ0v) is 14.3. The number of nitrogens with two attached hydrogens (primary N) is 1. The molecule has 0 amide bonds. The Morgan fingerprint density at radius 3 is 2.00 bits per heavy atom. The van der Waals surface area contributed by atoms with Crippen LogP contribution in [0.5, 0.6) is 0 Å². The summed E-state index contributed by atoms with van der Waals surface area (Å²) >= 11 is 0. The van der Waals surface area contributed by atoms with Gasteiger partial charge >= 0.3 is 0 Å². The third-order valence-electron chi connectivity index (χ3n) is 4.06. The fourth-order valence-corrected chi connectivity index (χ4v) is 2.46.